The molecule has 2 aromatic rings. The van der Waals surface area contributed by atoms with Crippen LogP contribution in [0.4, 0.5) is 0 Å². The van der Waals surface area contributed by atoms with Crippen LogP contribution < -0.4 is 19.5 Å². The van der Waals surface area contributed by atoms with Crippen LogP contribution in [0.2, 0.25) is 5.02 Å². The Balaban J connectivity index is 2.14. The van der Waals surface area contributed by atoms with E-state index in [0.717, 1.165) is 9.87 Å². The van der Waals surface area contributed by atoms with Crippen LogP contribution >= 0.6 is 11.6 Å². The molecule has 0 aliphatic rings. The Bertz CT molecular complexity index is 1030. The van der Waals surface area contributed by atoms with Crippen LogP contribution in [0.15, 0.2) is 41.3 Å². The molecule has 1 atom stereocenters. The summed E-state index contributed by atoms with van der Waals surface area (Å²) in [4.78, 5) is 12.4. The van der Waals surface area contributed by atoms with Gasteiger partial charge in [0.05, 0.1) is 33.4 Å². The highest BCUT2D eigenvalue weighted by molar-refractivity contribution is 7.89. The van der Waals surface area contributed by atoms with Gasteiger partial charge in [-0.15, -0.1) is 0 Å². The molecule has 0 aromatic heterocycles. The lowest BCUT2D eigenvalue weighted by atomic mass is 10.1. The highest BCUT2D eigenvalue weighted by Crippen LogP contribution is 2.31. The molecule has 0 fully saturated rings. The number of benzene rings is 2. The zero-order valence-corrected chi connectivity index (χ0v) is 19.7. The quantitative estimate of drug-likeness (QED) is 0.572. The largest absolute Gasteiger partial charge is 0.493 e. The van der Waals surface area contributed by atoms with Gasteiger partial charge < -0.3 is 19.5 Å². The van der Waals surface area contributed by atoms with Crippen molar-refractivity contribution < 1.29 is 27.4 Å². The van der Waals surface area contributed by atoms with Gasteiger partial charge in [-0.1, -0.05) is 17.7 Å². The van der Waals surface area contributed by atoms with Crippen LogP contribution in [0.3, 0.4) is 0 Å². The van der Waals surface area contributed by atoms with E-state index in [9.17, 15) is 13.2 Å². The lowest BCUT2D eigenvalue weighted by Gasteiger charge is -2.21. The van der Waals surface area contributed by atoms with E-state index in [1.165, 1.54) is 33.4 Å². The fraction of sp³-hybridized carbons (Fsp3) is 0.381. The maximum Gasteiger partial charge on any atom is 0.247 e. The van der Waals surface area contributed by atoms with Crippen molar-refractivity contribution in [3.63, 3.8) is 0 Å². The van der Waals surface area contributed by atoms with E-state index in [1.807, 2.05) is 0 Å². The molecule has 2 rings (SSSR count). The Labute approximate surface area is 188 Å². The minimum atomic E-state index is -4.00. The van der Waals surface area contributed by atoms with E-state index in [-0.39, 0.29) is 34.9 Å². The Kier molecular flexibility index (Phi) is 8.55. The number of rotatable bonds is 10. The van der Waals surface area contributed by atoms with Crippen LogP contribution in [-0.2, 0) is 14.8 Å². The summed E-state index contributed by atoms with van der Waals surface area (Å²) in [7, 11) is 0.385. The van der Waals surface area contributed by atoms with Crippen molar-refractivity contribution in [2.45, 2.75) is 24.8 Å². The number of nitrogens with one attached hydrogen (secondary N) is 1. The molecule has 0 aliphatic carbocycles. The van der Waals surface area contributed by atoms with Crippen LogP contribution in [0.5, 0.6) is 17.2 Å². The summed E-state index contributed by atoms with van der Waals surface area (Å²) in [6.45, 7) is 3.45. The number of ether oxygens (including phenoxy) is 3. The number of likely N-dealkylation sites (N-methyl/N-ethyl adjacent to an activating group) is 1. The molecule has 1 N–H and O–H groups in total. The molecule has 0 heterocycles. The smallest absolute Gasteiger partial charge is 0.247 e. The summed E-state index contributed by atoms with van der Waals surface area (Å²) in [5, 5.41) is 3.04. The number of halogens is 1. The number of nitrogens with zero attached hydrogens (tertiary/aromatic N) is 1. The number of amides is 1. The highest BCUT2D eigenvalue weighted by Gasteiger charge is 2.27. The van der Waals surface area contributed by atoms with E-state index >= 15 is 0 Å². The van der Waals surface area contributed by atoms with Crippen molar-refractivity contribution in [3.8, 4) is 17.2 Å². The molecular weight excluding hydrogens is 444 g/mol. The standard InChI is InChI=1S/C21H27ClN2O6S/c1-6-30-18-10-8-16(22)12-20(18)31(26,27)24(3)13-21(25)23-14(2)15-7-9-17(28-4)19(11-15)29-5/h7-12,14H,6,13H2,1-5H3,(H,23,25). The minimum Gasteiger partial charge on any atom is -0.493 e. The first kappa shape index (κ1) is 24.8. The summed E-state index contributed by atoms with van der Waals surface area (Å²) in [6, 6.07) is 9.25. The third-order valence-electron chi connectivity index (χ3n) is 4.55. The molecule has 2 aromatic carbocycles. The van der Waals surface area contributed by atoms with Crippen molar-refractivity contribution in [1.82, 2.24) is 9.62 Å². The van der Waals surface area contributed by atoms with E-state index in [2.05, 4.69) is 5.32 Å². The molecule has 0 aliphatic heterocycles. The normalized spacial score (nSPS) is 12.4. The van der Waals surface area contributed by atoms with Gasteiger partial charge in [-0.2, -0.15) is 4.31 Å². The van der Waals surface area contributed by atoms with Gasteiger partial charge in [0.25, 0.3) is 0 Å². The second-order valence-corrected chi connectivity index (χ2v) is 9.14. The summed E-state index contributed by atoms with van der Waals surface area (Å²) >= 11 is 5.98. The van der Waals surface area contributed by atoms with Crippen molar-refractivity contribution in [2.75, 3.05) is 34.4 Å². The van der Waals surface area contributed by atoms with Gasteiger partial charge in [-0.05, 0) is 49.7 Å². The molecule has 10 heteroatoms. The first-order chi connectivity index (χ1) is 14.6. The predicted octanol–water partition coefficient (Wildman–Crippen LogP) is 3.25. The first-order valence-electron chi connectivity index (χ1n) is 9.54. The number of carbonyl (C=O) groups is 1. The molecule has 0 saturated heterocycles. The van der Waals surface area contributed by atoms with Gasteiger partial charge in [-0.25, -0.2) is 8.42 Å². The third-order valence-corrected chi connectivity index (χ3v) is 6.60. The summed E-state index contributed by atoms with van der Waals surface area (Å²) in [6.07, 6.45) is 0. The number of sulfonamides is 1. The van der Waals surface area contributed by atoms with Crippen LogP contribution in [0.1, 0.15) is 25.5 Å². The zero-order chi connectivity index (χ0) is 23.2. The second-order valence-electron chi connectivity index (χ2n) is 6.69. The van der Waals surface area contributed by atoms with Crippen LogP contribution in [-0.4, -0.2) is 53.0 Å². The average Bonchev–Trinajstić information content (AvgIpc) is 2.74. The number of hydrogen-bond donors (Lipinski definition) is 1. The maximum absolute atomic E-state index is 13.0. The molecular formula is C21H27ClN2O6S. The Hall–Kier alpha value is -2.49. The Morgan fingerprint density at radius 2 is 1.74 bits per heavy atom. The van der Waals surface area contributed by atoms with Gasteiger partial charge in [-0.3, -0.25) is 4.79 Å². The molecule has 1 unspecified atom stereocenters. The Morgan fingerprint density at radius 3 is 2.35 bits per heavy atom. The average molecular weight is 471 g/mol. The number of methoxy groups -OCH3 is 2. The topological polar surface area (TPSA) is 94.2 Å². The number of hydrogen-bond acceptors (Lipinski definition) is 6. The summed E-state index contributed by atoms with van der Waals surface area (Å²) in [5.74, 6) is 0.818. The molecule has 0 bridgehead atoms. The third kappa shape index (κ3) is 6.03. The lowest BCUT2D eigenvalue weighted by molar-refractivity contribution is -0.121. The lowest BCUT2D eigenvalue weighted by Crippen LogP contribution is -2.39. The number of carbonyl (C=O) groups excluding carboxylic acids is 1. The molecule has 8 nitrogen and oxygen atoms in total. The van der Waals surface area contributed by atoms with Gasteiger partial charge >= 0.3 is 0 Å². The van der Waals surface area contributed by atoms with Crippen LogP contribution in [0.25, 0.3) is 0 Å². The second kappa shape index (κ2) is 10.7. The molecule has 170 valence electrons. The summed E-state index contributed by atoms with van der Waals surface area (Å²) < 4.78 is 42.9. The summed E-state index contributed by atoms with van der Waals surface area (Å²) in [5.41, 5.74) is 0.782. The van der Waals surface area contributed by atoms with Crippen LogP contribution in [0, 0.1) is 0 Å². The molecule has 0 radical (unpaired) electrons. The SMILES string of the molecule is CCOc1ccc(Cl)cc1S(=O)(=O)N(C)CC(=O)NC(C)c1ccc(OC)c(OC)c1. The van der Waals surface area contributed by atoms with E-state index in [1.54, 1.807) is 38.1 Å². The monoisotopic (exact) mass is 470 g/mol. The highest BCUT2D eigenvalue weighted by atomic mass is 35.5. The minimum absolute atomic E-state index is 0.0925. The molecule has 0 saturated carbocycles. The first-order valence-corrected chi connectivity index (χ1v) is 11.4. The molecule has 0 spiro atoms. The van der Waals surface area contributed by atoms with Gasteiger partial charge in [0.1, 0.15) is 10.6 Å². The van der Waals surface area contributed by atoms with E-state index < -0.39 is 15.9 Å². The van der Waals surface area contributed by atoms with Gasteiger partial charge in [0.15, 0.2) is 11.5 Å². The van der Waals surface area contributed by atoms with Gasteiger partial charge in [0.2, 0.25) is 15.9 Å². The van der Waals surface area contributed by atoms with Gasteiger partial charge in [0, 0.05) is 12.1 Å². The van der Waals surface area contributed by atoms with Crippen molar-refractivity contribution in [2.24, 2.45) is 0 Å². The van der Waals surface area contributed by atoms with Crippen molar-refractivity contribution >= 4 is 27.5 Å². The predicted molar refractivity (Wildman–Crippen MR) is 119 cm³/mol. The zero-order valence-electron chi connectivity index (χ0n) is 18.1. The molecule has 1 amide bonds. The van der Waals surface area contributed by atoms with Crippen molar-refractivity contribution in [1.29, 1.82) is 0 Å². The fourth-order valence-electron chi connectivity index (χ4n) is 2.91. The Morgan fingerprint density at radius 1 is 1.10 bits per heavy atom. The van der Waals surface area contributed by atoms with E-state index in [4.69, 9.17) is 25.8 Å². The maximum atomic E-state index is 13.0. The molecule has 31 heavy (non-hydrogen) atoms. The van der Waals surface area contributed by atoms with Crippen molar-refractivity contribution in [3.05, 3.63) is 47.0 Å². The fourth-order valence-corrected chi connectivity index (χ4v) is 4.42. The van der Waals surface area contributed by atoms with E-state index in [0.29, 0.717) is 11.5 Å².